The van der Waals surface area contributed by atoms with Gasteiger partial charge in [-0.1, -0.05) is 6.92 Å². The van der Waals surface area contributed by atoms with Gasteiger partial charge in [0, 0.05) is 25.6 Å². The quantitative estimate of drug-likeness (QED) is 0.926. The first-order valence-corrected chi connectivity index (χ1v) is 8.31. The first kappa shape index (κ1) is 16.5. The molecule has 0 aromatic carbocycles. The molecular formula is C16H24N6O2. The molecule has 24 heavy (non-hydrogen) atoms. The monoisotopic (exact) mass is 332 g/mol. The normalized spacial score (nSPS) is 18.2. The van der Waals surface area contributed by atoms with Crippen LogP contribution in [0.4, 0.5) is 10.6 Å². The van der Waals surface area contributed by atoms with Crippen LogP contribution in [0.2, 0.25) is 0 Å². The van der Waals surface area contributed by atoms with Crippen LogP contribution < -0.4 is 5.32 Å². The van der Waals surface area contributed by atoms with Gasteiger partial charge in [0.25, 0.3) is 0 Å². The highest BCUT2D eigenvalue weighted by Crippen LogP contribution is 2.18. The van der Waals surface area contributed by atoms with Gasteiger partial charge in [-0.25, -0.2) is 4.79 Å². The average Bonchev–Trinajstić information content (AvgIpc) is 3.11. The van der Waals surface area contributed by atoms with Crippen molar-refractivity contribution in [3.8, 4) is 0 Å². The Hall–Kier alpha value is -2.38. The Morgan fingerprint density at radius 3 is 2.88 bits per heavy atom. The predicted molar refractivity (Wildman–Crippen MR) is 90.0 cm³/mol. The van der Waals surface area contributed by atoms with Crippen LogP contribution in [0.5, 0.6) is 0 Å². The number of aromatic nitrogens is 4. The third-order valence-corrected chi connectivity index (χ3v) is 3.84. The van der Waals surface area contributed by atoms with E-state index in [2.05, 4.69) is 20.6 Å². The molecule has 1 aliphatic heterocycles. The van der Waals surface area contributed by atoms with Crippen LogP contribution in [0.25, 0.3) is 5.65 Å². The summed E-state index contributed by atoms with van der Waals surface area (Å²) in [6, 6.07) is 3.94. The molecule has 8 nitrogen and oxygen atoms in total. The van der Waals surface area contributed by atoms with Gasteiger partial charge in [0.1, 0.15) is 11.4 Å². The van der Waals surface area contributed by atoms with Crippen molar-refractivity contribution in [2.75, 3.05) is 18.4 Å². The van der Waals surface area contributed by atoms with E-state index in [1.807, 2.05) is 39.8 Å². The number of hydrogen-bond donors (Lipinski definition) is 1. The van der Waals surface area contributed by atoms with E-state index < -0.39 is 5.60 Å². The lowest BCUT2D eigenvalue weighted by Crippen LogP contribution is -2.36. The number of rotatable bonds is 3. The molecular weight excluding hydrogens is 308 g/mol. The number of anilines is 1. The van der Waals surface area contributed by atoms with E-state index in [-0.39, 0.29) is 12.1 Å². The molecule has 0 bridgehead atoms. The van der Waals surface area contributed by atoms with Gasteiger partial charge in [0.15, 0.2) is 11.5 Å². The van der Waals surface area contributed by atoms with Crippen molar-refractivity contribution in [1.82, 2.24) is 24.7 Å². The first-order valence-electron chi connectivity index (χ1n) is 8.31. The van der Waals surface area contributed by atoms with Crippen LogP contribution in [0, 0.1) is 0 Å². The molecule has 1 N–H and O–H groups in total. The van der Waals surface area contributed by atoms with Gasteiger partial charge in [0.05, 0.1) is 0 Å². The van der Waals surface area contributed by atoms with E-state index in [1.165, 1.54) is 0 Å². The molecule has 0 aliphatic carbocycles. The van der Waals surface area contributed by atoms with Gasteiger partial charge < -0.3 is 15.0 Å². The summed E-state index contributed by atoms with van der Waals surface area (Å²) in [5.74, 6) is 1.59. The number of carbonyl (C=O) groups is 1. The summed E-state index contributed by atoms with van der Waals surface area (Å²) in [6.07, 6.45) is 1.37. The highest BCUT2D eigenvalue weighted by Gasteiger charge is 2.29. The summed E-state index contributed by atoms with van der Waals surface area (Å²) in [5, 5.41) is 16.1. The number of fused-ring (bicyclic) bond motifs is 1. The Kier molecular flexibility index (Phi) is 4.29. The molecule has 1 atom stereocenters. The van der Waals surface area contributed by atoms with Crippen molar-refractivity contribution >= 4 is 17.6 Å². The molecule has 1 saturated heterocycles. The fourth-order valence-corrected chi connectivity index (χ4v) is 2.71. The molecule has 130 valence electrons. The standard InChI is InChI=1S/C16H24N6O2/c1-5-13-18-19-14-7-6-12(20-22(13)14)17-11-8-9-21(10-11)15(23)24-16(2,3)4/h6-7,11H,5,8-10H2,1-4H3,(H,17,20). The molecule has 1 amide bonds. The summed E-state index contributed by atoms with van der Waals surface area (Å²) < 4.78 is 7.17. The van der Waals surface area contributed by atoms with E-state index >= 15 is 0 Å². The Morgan fingerprint density at radius 2 is 2.17 bits per heavy atom. The van der Waals surface area contributed by atoms with Crippen LogP contribution in [0.3, 0.4) is 0 Å². The zero-order valence-corrected chi connectivity index (χ0v) is 14.6. The van der Waals surface area contributed by atoms with E-state index in [0.717, 1.165) is 30.1 Å². The lowest BCUT2D eigenvalue weighted by Gasteiger charge is -2.24. The molecule has 1 fully saturated rings. The lowest BCUT2D eigenvalue weighted by molar-refractivity contribution is 0.0293. The van der Waals surface area contributed by atoms with Gasteiger partial charge in [0.2, 0.25) is 0 Å². The Labute approximate surface area is 141 Å². The van der Waals surface area contributed by atoms with Crippen molar-refractivity contribution in [1.29, 1.82) is 0 Å². The highest BCUT2D eigenvalue weighted by molar-refractivity contribution is 5.68. The summed E-state index contributed by atoms with van der Waals surface area (Å²) in [4.78, 5) is 13.9. The second-order valence-electron chi connectivity index (χ2n) is 7.01. The minimum Gasteiger partial charge on any atom is -0.444 e. The maximum Gasteiger partial charge on any atom is 0.410 e. The predicted octanol–water partition coefficient (Wildman–Crippen LogP) is 2.11. The van der Waals surface area contributed by atoms with Crippen LogP contribution in [-0.2, 0) is 11.2 Å². The van der Waals surface area contributed by atoms with Crippen LogP contribution in [0.1, 0.15) is 39.9 Å². The fourth-order valence-electron chi connectivity index (χ4n) is 2.71. The summed E-state index contributed by atoms with van der Waals surface area (Å²) in [7, 11) is 0. The number of nitrogens with one attached hydrogen (secondary N) is 1. The number of nitrogens with zero attached hydrogens (tertiary/aromatic N) is 5. The van der Waals surface area contributed by atoms with Gasteiger partial charge in [-0.05, 0) is 39.3 Å². The number of carbonyl (C=O) groups excluding carboxylic acids is 1. The van der Waals surface area contributed by atoms with Crippen LogP contribution in [0.15, 0.2) is 12.1 Å². The largest absolute Gasteiger partial charge is 0.444 e. The van der Waals surface area contributed by atoms with Crippen LogP contribution in [-0.4, -0.2) is 55.5 Å². The zero-order valence-electron chi connectivity index (χ0n) is 14.6. The summed E-state index contributed by atoms with van der Waals surface area (Å²) in [5.41, 5.74) is 0.263. The van der Waals surface area contributed by atoms with E-state index in [9.17, 15) is 4.79 Å². The maximum atomic E-state index is 12.1. The highest BCUT2D eigenvalue weighted by atomic mass is 16.6. The van der Waals surface area contributed by atoms with Gasteiger partial charge >= 0.3 is 6.09 Å². The summed E-state index contributed by atoms with van der Waals surface area (Å²) in [6.45, 7) is 8.94. The fraction of sp³-hybridized carbons (Fsp3) is 0.625. The maximum absolute atomic E-state index is 12.1. The molecule has 1 aliphatic rings. The van der Waals surface area contributed by atoms with Crippen molar-refractivity contribution in [2.24, 2.45) is 0 Å². The molecule has 1 unspecified atom stereocenters. The third kappa shape index (κ3) is 3.58. The van der Waals surface area contributed by atoms with Crippen LogP contribution >= 0.6 is 0 Å². The first-order chi connectivity index (χ1) is 11.4. The average molecular weight is 332 g/mol. The second-order valence-corrected chi connectivity index (χ2v) is 7.01. The minimum atomic E-state index is -0.472. The van der Waals surface area contributed by atoms with Crippen molar-refractivity contribution in [3.05, 3.63) is 18.0 Å². The topological polar surface area (TPSA) is 84.7 Å². The van der Waals surface area contributed by atoms with Gasteiger partial charge in [-0.15, -0.1) is 15.3 Å². The minimum absolute atomic E-state index is 0.157. The molecule has 0 saturated carbocycles. The Balaban J connectivity index is 1.64. The molecule has 3 rings (SSSR count). The Morgan fingerprint density at radius 1 is 1.38 bits per heavy atom. The number of amides is 1. The van der Waals surface area contributed by atoms with Crippen molar-refractivity contribution < 1.29 is 9.53 Å². The second kappa shape index (κ2) is 6.26. The molecule has 2 aromatic rings. The van der Waals surface area contributed by atoms with E-state index in [0.29, 0.717) is 13.1 Å². The third-order valence-electron chi connectivity index (χ3n) is 3.84. The van der Waals surface area contributed by atoms with E-state index in [4.69, 9.17) is 4.74 Å². The van der Waals surface area contributed by atoms with E-state index in [1.54, 1.807) is 9.42 Å². The number of likely N-dealkylation sites (tertiary alicyclic amines) is 1. The molecule has 3 heterocycles. The number of ether oxygens (including phenoxy) is 1. The number of hydrogen-bond acceptors (Lipinski definition) is 6. The van der Waals surface area contributed by atoms with Gasteiger partial charge in [-0.3, -0.25) is 0 Å². The number of aryl methyl sites for hydroxylation is 1. The summed E-state index contributed by atoms with van der Waals surface area (Å²) >= 11 is 0. The van der Waals surface area contributed by atoms with Gasteiger partial charge in [-0.2, -0.15) is 4.52 Å². The SMILES string of the molecule is CCc1nnc2ccc(NC3CCN(C(=O)OC(C)(C)C)C3)nn12. The zero-order chi connectivity index (χ0) is 17.3. The molecule has 2 aromatic heterocycles. The molecule has 8 heteroatoms. The smallest absolute Gasteiger partial charge is 0.410 e. The molecule has 0 radical (unpaired) electrons. The molecule has 0 spiro atoms. The van der Waals surface area contributed by atoms with Crippen molar-refractivity contribution in [2.45, 2.75) is 52.2 Å². The lowest BCUT2D eigenvalue weighted by atomic mass is 10.2. The Bertz CT molecular complexity index is 736. The van der Waals surface area contributed by atoms with Crippen molar-refractivity contribution in [3.63, 3.8) is 0 Å².